The van der Waals surface area contributed by atoms with Crippen molar-refractivity contribution in [3.63, 3.8) is 0 Å². The van der Waals surface area contributed by atoms with Gasteiger partial charge in [-0.2, -0.15) is 0 Å². The summed E-state index contributed by atoms with van der Waals surface area (Å²) in [6.07, 6.45) is 14.3. The smallest absolute Gasteiger partial charge is 0.220 e. The van der Waals surface area contributed by atoms with Crippen molar-refractivity contribution in [2.75, 3.05) is 19.8 Å². The van der Waals surface area contributed by atoms with Gasteiger partial charge in [-0.1, -0.05) is 18.2 Å². The molecule has 0 saturated carbocycles. The third-order valence-corrected chi connectivity index (χ3v) is 2.41. The van der Waals surface area contributed by atoms with E-state index in [9.17, 15) is 4.79 Å². The summed E-state index contributed by atoms with van der Waals surface area (Å²) in [5.41, 5.74) is 1.21. The van der Waals surface area contributed by atoms with E-state index in [0.29, 0.717) is 32.6 Å². The molecule has 1 aliphatic rings. The number of carbonyl (C=O) groups is 1. The minimum atomic E-state index is 0.0452. The second kappa shape index (κ2) is 8.60. The molecule has 0 fully saturated rings. The van der Waals surface area contributed by atoms with Crippen LogP contribution in [0, 0.1) is 12.3 Å². The molecule has 1 N–H and O–H groups in total. The summed E-state index contributed by atoms with van der Waals surface area (Å²) in [5.74, 6) is 2.56. The molecule has 0 spiro atoms. The molecular formula is C14H19NO2. The summed E-state index contributed by atoms with van der Waals surface area (Å²) in [7, 11) is 0. The molecule has 0 unspecified atom stereocenters. The summed E-state index contributed by atoms with van der Waals surface area (Å²) < 4.78 is 5.43. The van der Waals surface area contributed by atoms with Crippen LogP contribution < -0.4 is 5.32 Å². The van der Waals surface area contributed by atoms with Gasteiger partial charge < -0.3 is 10.1 Å². The van der Waals surface area contributed by atoms with Crippen LogP contribution in [0.25, 0.3) is 0 Å². The number of carbonyl (C=O) groups excluding carboxylic acids is 1. The molecule has 0 heterocycles. The average Bonchev–Trinajstić information content (AvgIpc) is 2.82. The predicted molar refractivity (Wildman–Crippen MR) is 68.4 cm³/mol. The predicted octanol–water partition coefficient (Wildman–Crippen LogP) is 1.81. The average molecular weight is 233 g/mol. The zero-order valence-electron chi connectivity index (χ0n) is 10.1. The molecule has 0 saturated heterocycles. The fraction of sp³-hybridized carbons (Fsp3) is 0.500. The van der Waals surface area contributed by atoms with E-state index in [-0.39, 0.29) is 5.91 Å². The molecule has 3 nitrogen and oxygen atoms in total. The second-order valence-corrected chi connectivity index (χ2v) is 3.88. The van der Waals surface area contributed by atoms with Crippen LogP contribution in [0.2, 0.25) is 0 Å². The van der Waals surface area contributed by atoms with Gasteiger partial charge >= 0.3 is 0 Å². The molecule has 17 heavy (non-hydrogen) atoms. The van der Waals surface area contributed by atoms with Crippen LogP contribution in [0.3, 0.4) is 0 Å². The van der Waals surface area contributed by atoms with Crippen molar-refractivity contribution < 1.29 is 9.53 Å². The van der Waals surface area contributed by atoms with Crippen LogP contribution in [-0.4, -0.2) is 25.7 Å². The molecule has 1 rings (SSSR count). The highest BCUT2D eigenvalue weighted by molar-refractivity contribution is 5.75. The molecule has 1 aliphatic carbocycles. The minimum Gasteiger partial charge on any atom is -0.375 e. The first-order chi connectivity index (χ1) is 8.33. The van der Waals surface area contributed by atoms with Gasteiger partial charge in [-0.15, -0.1) is 12.3 Å². The number of allylic oxidation sites excluding steroid dienone is 2. The number of rotatable bonds is 8. The molecule has 0 atom stereocenters. The zero-order valence-corrected chi connectivity index (χ0v) is 10.1. The lowest BCUT2D eigenvalue weighted by atomic mass is 10.2. The maximum Gasteiger partial charge on any atom is 0.220 e. The lowest BCUT2D eigenvalue weighted by Gasteiger charge is -2.06. The van der Waals surface area contributed by atoms with E-state index in [0.717, 1.165) is 12.8 Å². The Kier molecular flexibility index (Phi) is 6.85. The Bertz CT molecular complexity index is 337. The monoisotopic (exact) mass is 233 g/mol. The summed E-state index contributed by atoms with van der Waals surface area (Å²) in [4.78, 5) is 11.3. The Hall–Kier alpha value is -1.53. The minimum absolute atomic E-state index is 0.0452. The zero-order chi connectivity index (χ0) is 12.3. The first-order valence-electron chi connectivity index (χ1n) is 5.96. The number of nitrogens with one attached hydrogen (secondary N) is 1. The SMILES string of the molecule is C#CCCCC(=O)NCCOCC1=CCC=C1. The van der Waals surface area contributed by atoms with Crippen LogP contribution in [0.4, 0.5) is 0 Å². The van der Waals surface area contributed by atoms with Gasteiger partial charge in [0.15, 0.2) is 0 Å². The van der Waals surface area contributed by atoms with Gasteiger partial charge in [0.2, 0.25) is 5.91 Å². The van der Waals surface area contributed by atoms with Crippen molar-refractivity contribution in [3.05, 3.63) is 23.8 Å². The molecule has 0 aromatic carbocycles. The lowest BCUT2D eigenvalue weighted by molar-refractivity contribution is -0.121. The highest BCUT2D eigenvalue weighted by atomic mass is 16.5. The summed E-state index contributed by atoms with van der Waals surface area (Å²) in [6.45, 7) is 1.74. The van der Waals surface area contributed by atoms with Crippen LogP contribution in [0.15, 0.2) is 23.8 Å². The van der Waals surface area contributed by atoms with Gasteiger partial charge in [-0.05, 0) is 18.4 Å². The third kappa shape index (κ3) is 6.60. The van der Waals surface area contributed by atoms with E-state index in [1.807, 2.05) is 0 Å². The number of ether oxygens (including phenoxy) is 1. The van der Waals surface area contributed by atoms with E-state index >= 15 is 0 Å². The molecule has 0 aromatic rings. The highest BCUT2D eigenvalue weighted by Crippen LogP contribution is 2.08. The summed E-state index contributed by atoms with van der Waals surface area (Å²) in [5, 5.41) is 2.80. The standard InChI is InChI=1S/C14H19NO2/c1-2-3-4-9-14(16)15-10-11-17-12-13-7-5-6-8-13/h1,5,7-8H,3-4,6,9-12H2,(H,15,16). The van der Waals surface area contributed by atoms with Crippen molar-refractivity contribution in [2.24, 2.45) is 0 Å². The van der Waals surface area contributed by atoms with Crippen LogP contribution >= 0.6 is 0 Å². The van der Waals surface area contributed by atoms with Crippen LogP contribution in [-0.2, 0) is 9.53 Å². The number of amides is 1. The lowest BCUT2D eigenvalue weighted by Crippen LogP contribution is -2.27. The van der Waals surface area contributed by atoms with Gasteiger partial charge in [-0.3, -0.25) is 4.79 Å². The van der Waals surface area contributed by atoms with Gasteiger partial charge in [0.25, 0.3) is 0 Å². The maximum absolute atomic E-state index is 11.3. The Morgan fingerprint density at radius 1 is 1.59 bits per heavy atom. The number of terminal acetylenes is 1. The van der Waals surface area contributed by atoms with Crippen LogP contribution in [0.5, 0.6) is 0 Å². The molecule has 3 heteroatoms. The van der Waals surface area contributed by atoms with Crippen molar-refractivity contribution in [3.8, 4) is 12.3 Å². The third-order valence-electron chi connectivity index (χ3n) is 2.41. The second-order valence-electron chi connectivity index (χ2n) is 3.88. The fourth-order valence-corrected chi connectivity index (χ4v) is 1.51. The van der Waals surface area contributed by atoms with E-state index in [2.05, 4.69) is 29.5 Å². The van der Waals surface area contributed by atoms with Gasteiger partial charge in [0.1, 0.15) is 0 Å². The van der Waals surface area contributed by atoms with Crippen molar-refractivity contribution in [1.82, 2.24) is 5.32 Å². The number of unbranched alkanes of at least 4 members (excludes halogenated alkanes) is 1. The number of hydrogen-bond donors (Lipinski definition) is 1. The van der Waals surface area contributed by atoms with Gasteiger partial charge in [0.05, 0.1) is 13.2 Å². The molecule has 0 aliphatic heterocycles. The highest BCUT2D eigenvalue weighted by Gasteiger charge is 2.00. The van der Waals surface area contributed by atoms with Gasteiger partial charge in [-0.25, -0.2) is 0 Å². The summed E-state index contributed by atoms with van der Waals surface area (Å²) in [6, 6.07) is 0. The first-order valence-corrected chi connectivity index (χ1v) is 5.96. The Labute approximate surface area is 103 Å². The molecule has 0 aromatic heterocycles. The molecule has 92 valence electrons. The molecule has 0 bridgehead atoms. The van der Waals surface area contributed by atoms with Crippen LogP contribution in [0.1, 0.15) is 25.7 Å². The Morgan fingerprint density at radius 2 is 2.47 bits per heavy atom. The fourth-order valence-electron chi connectivity index (χ4n) is 1.51. The number of hydrogen-bond acceptors (Lipinski definition) is 2. The maximum atomic E-state index is 11.3. The van der Waals surface area contributed by atoms with E-state index in [1.165, 1.54) is 5.57 Å². The van der Waals surface area contributed by atoms with Crippen molar-refractivity contribution >= 4 is 5.91 Å². The Morgan fingerprint density at radius 3 is 3.18 bits per heavy atom. The quantitative estimate of drug-likeness (QED) is 0.513. The first kappa shape index (κ1) is 13.5. The Balaban J connectivity index is 1.91. The van der Waals surface area contributed by atoms with E-state index in [4.69, 9.17) is 11.2 Å². The molecule has 1 amide bonds. The molecular weight excluding hydrogens is 214 g/mol. The summed E-state index contributed by atoms with van der Waals surface area (Å²) >= 11 is 0. The normalized spacial score (nSPS) is 13.2. The molecule has 0 radical (unpaired) electrons. The van der Waals surface area contributed by atoms with Crippen molar-refractivity contribution in [2.45, 2.75) is 25.7 Å². The van der Waals surface area contributed by atoms with E-state index < -0.39 is 0 Å². The van der Waals surface area contributed by atoms with Crippen molar-refractivity contribution in [1.29, 1.82) is 0 Å². The topological polar surface area (TPSA) is 38.3 Å². The van der Waals surface area contributed by atoms with E-state index in [1.54, 1.807) is 0 Å². The van der Waals surface area contributed by atoms with Gasteiger partial charge in [0, 0.05) is 19.4 Å². The largest absolute Gasteiger partial charge is 0.375 e.